The highest BCUT2D eigenvalue weighted by molar-refractivity contribution is 7.26. The Morgan fingerprint density at radius 3 is 2.78 bits per heavy atom. The summed E-state index contributed by atoms with van der Waals surface area (Å²) in [5, 5.41) is 13.6. The largest absolute Gasteiger partial charge is 0.396 e. The number of benzene rings is 1. The minimum absolute atomic E-state index is 0.170. The van der Waals surface area contributed by atoms with Gasteiger partial charge in [-0.1, -0.05) is 30.3 Å². The standard InChI is InChI=1S/C21H20N4OS/c26-11-5-10-22-20-19-18(23-12-24-20)16-14-8-4-9-15(14)17(25-21(16)27-19)13-6-2-1-3-7-13/h1-3,6-7,12,26H,4-5,8-11H2,(H,22,23,24). The average molecular weight is 376 g/mol. The number of aromatic nitrogens is 3. The molecule has 1 aromatic carbocycles. The Labute approximate surface area is 161 Å². The molecule has 0 saturated heterocycles. The van der Waals surface area contributed by atoms with Gasteiger partial charge in [0.1, 0.15) is 17.0 Å². The van der Waals surface area contributed by atoms with Gasteiger partial charge in [-0.2, -0.15) is 0 Å². The molecule has 0 amide bonds. The number of anilines is 1. The molecule has 136 valence electrons. The van der Waals surface area contributed by atoms with Crippen LogP contribution in [0, 0.1) is 0 Å². The van der Waals surface area contributed by atoms with Crippen LogP contribution >= 0.6 is 11.3 Å². The van der Waals surface area contributed by atoms with Gasteiger partial charge in [0.2, 0.25) is 0 Å². The molecular weight excluding hydrogens is 356 g/mol. The fraction of sp³-hybridized carbons (Fsp3) is 0.286. The van der Waals surface area contributed by atoms with Crippen LogP contribution in [0.25, 0.3) is 31.7 Å². The number of aliphatic hydroxyl groups excluding tert-OH is 1. The lowest BCUT2D eigenvalue weighted by Crippen LogP contribution is -2.05. The van der Waals surface area contributed by atoms with Crippen LogP contribution in [0.3, 0.4) is 0 Å². The predicted octanol–water partition coefficient (Wildman–Crippen LogP) is 4.19. The number of thiophene rings is 1. The first-order valence-electron chi connectivity index (χ1n) is 9.36. The van der Waals surface area contributed by atoms with Crippen LogP contribution in [0.4, 0.5) is 5.82 Å². The van der Waals surface area contributed by atoms with E-state index < -0.39 is 0 Å². The van der Waals surface area contributed by atoms with E-state index in [1.165, 1.54) is 28.5 Å². The second-order valence-corrected chi connectivity index (χ2v) is 7.82. The Kier molecular flexibility index (Phi) is 4.22. The Morgan fingerprint density at radius 2 is 1.93 bits per heavy atom. The van der Waals surface area contributed by atoms with Gasteiger partial charge in [0.05, 0.1) is 15.9 Å². The summed E-state index contributed by atoms with van der Waals surface area (Å²) in [6.07, 6.45) is 5.65. The normalized spacial score (nSPS) is 13.4. The Bertz CT molecular complexity index is 1120. The maximum Gasteiger partial charge on any atom is 0.147 e. The highest BCUT2D eigenvalue weighted by Gasteiger charge is 2.24. The van der Waals surface area contributed by atoms with Gasteiger partial charge in [0, 0.05) is 24.1 Å². The van der Waals surface area contributed by atoms with Crippen LogP contribution in [-0.4, -0.2) is 33.2 Å². The van der Waals surface area contributed by atoms with Crippen molar-refractivity contribution in [3.63, 3.8) is 0 Å². The van der Waals surface area contributed by atoms with Crippen molar-refractivity contribution >= 4 is 37.6 Å². The molecule has 0 saturated carbocycles. The number of fused-ring (bicyclic) bond motifs is 5. The molecule has 2 N–H and O–H groups in total. The number of nitrogens with one attached hydrogen (secondary N) is 1. The van der Waals surface area contributed by atoms with E-state index in [0.717, 1.165) is 39.4 Å². The lowest BCUT2D eigenvalue weighted by molar-refractivity contribution is 0.292. The molecule has 0 bridgehead atoms. The van der Waals surface area contributed by atoms with Gasteiger partial charge in [0.15, 0.2) is 0 Å². The van der Waals surface area contributed by atoms with E-state index >= 15 is 0 Å². The first kappa shape index (κ1) is 16.6. The van der Waals surface area contributed by atoms with Crippen LogP contribution < -0.4 is 5.32 Å². The Balaban J connectivity index is 1.74. The van der Waals surface area contributed by atoms with E-state index in [9.17, 15) is 0 Å². The van der Waals surface area contributed by atoms with Gasteiger partial charge in [-0.3, -0.25) is 0 Å². The van der Waals surface area contributed by atoms with Crippen molar-refractivity contribution in [2.75, 3.05) is 18.5 Å². The van der Waals surface area contributed by atoms with Crippen LogP contribution in [0.1, 0.15) is 24.0 Å². The summed E-state index contributed by atoms with van der Waals surface area (Å²) in [6, 6.07) is 10.5. The molecule has 27 heavy (non-hydrogen) atoms. The molecule has 0 unspecified atom stereocenters. The first-order chi connectivity index (χ1) is 13.4. The van der Waals surface area contributed by atoms with Crippen molar-refractivity contribution in [3.8, 4) is 11.3 Å². The van der Waals surface area contributed by atoms with Gasteiger partial charge >= 0.3 is 0 Å². The number of nitrogens with zero attached hydrogens (tertiary/aromatic N) is 3. The molecule has 1 aliphatic carbocycles. The summed E-state index contributed by atoms with van der Waals surface area (Å²) >= 11 is 1.66. The summed E-state index contributed by atoms with van der Waals surface area (Å²) in [4.78, 5) is 15.1. The molecule has 1 aliphatic rings. The van der Waals surface area contributed by atoms with Gasteiger partial charge in [0.25, 0.3) is 0 Å². The van der Waals surface area contributed by atoms with Gasteiger partial charge < -0.3 is 10.4 Å². The molecule has 0 fully saturated rings. The zero-order valence-corrected chi connectivity index (χ0v) is 15.7. The number of hydrogen-bond donors (Lipinski definition) is 2. The van der Waals surface area contributed by atoms with Crippen LogP contribution in [0.15, 0.2) is 36.7 Å². The molecule has 6 heteroatoms. The van der Waals surface area contributed by atoms with Crippen LogP contribution in [0.5, 0.6) is 0 Å². The number of pyridine rings is 1. The van der Waals surface area contributed by atoms with Gasteiger partial charge in [-0.15, -0.1) is 11.3 Å². The number of rotatable bonds is 5. The van der Waals surface area contributed by atoms with E-state index in [2.05, 4.69) is 39.6 Å². The minimum Gasteiger partial charge on any atom is -0.396 e. The monoisotopic (exact) mass is 376 g/mol. The zero-order valence-electron chi connectivity index (χ0n) is 14.9. The number of aliphatic hydroxyl groups is 1. The average Bonchev–Trinajstić information content (AvgIpc) is 3.32. The van der Waals surface area contributed by atoms with E-state index in [0.29, 0.717) is 13.0 Å². The molecule has 3 heterocycles. The number of aryl methyl sites for hydroxylation is 1. The first-order valence-corrected chi connectivity index (χ1v) is 10.2. The maximum absolute atomic E-state index is 9.04. The molecule has 0 aliphatic heterocycles. The lowest BCUT2D eigenvalue weighted by atomic mass is 10.0. The molecule has 0 radical (unpaired) electrons. The molecule has 5 nitrogen and oxygen atoms in total. The summed E-state index contributed by atoms with van der Waals surface area (Å²) < 4.78 is 1.05. The summed E-state index contributed by atoms with van der Waals surface area (Å²) in [5.74, 6) is 0.837. The summed E-state index contributed by atoms with van der Waals surface area (Å²) in [5.41, 5.74) is 6.08. The second-order valence-electron chi connectivity index (χ2n) is 6.82. The van der Waals surface area contributed by atoms with Gasteiger partial charge in [-0.25, -0.2) is 15.0 Å². The number of hydrogen-bond acceptors (Lipinski definition) is 6. The van der Waals surface area contributed by atoms with Crippen molar-refractivity contribution in [2.45, 2.75) is 25.7 Å². The van der Waals surface area contributed by atoms with E-state index in [-0.39, 0.29) is 6.61 Å². The third-order valence-corrected chi connectivity index (χ3v) is 6.23. The van der Waals surface area contributed by atoms with E-state index in [1.54, 1.807) is 17.7 Å². The third-order valence-electron chi connectivity index (χ3n) is 5.15. The van der Waals surface area contributed by atoms with E-state index in [4.69, 9.17) is 10.1 Å². The van der Waals surface area contributed by atoms with Crippen molar-refractivity contribution in [3.05, 3.63) is 47.8 Å². The van der Waals surface area contributed by atoms with Crippen LogP contribution in [-0.2, 0) is 12.8 Å². The van der Waals surface area contributed by atoms with E-state index in [1.807, 2.05) is 6.07 Å². The SMILES string of the molecule is OCCCNc1ncnc2c1sc1nc(-c3ccccc3)c3c(c12)CCC3. The van der Waals surface area contributed by atoms with Crippen molar-refractivity contribution in [2.24, 2.45) is 0 Å². The second kappa shape index (κ2) is 6.87. The molecule has 0 spiro atoms. The molecular formula is C21H20N4OS. The Morgan fingerprint density at radius 1 is 1.07 bits per heavy atom. The topological polar surface area (TPSA) is 70.9 Å². The van der Waals surface area contributed by atoms with Crippen molar-refractivity contribution in [1.29, 1.82) is 0 Å². The summed E-state index contributed by atoms with van der Waals surface area (Å²) in [7, 11) is 0. The maximum atomic E-state index is 9.04. The predicted molar refractivity (Wildman–Crippen MR) is 110 cm³/mol. The molecule has 4 aromatic rings. The quantitative estimate of drug-likeness (QED) is 0.511. The van der Waals surface area contributed by atoms with Crippen molar-refractivity contribution < 1.29 is 5.11 Å². The smallest absolute Gasteiger partial charge is 0.147 e. The fourth-order valence-electron chi connectivity index (χ4n) is 3.94. The minimum atomic E-state index is 0.170. The molecule has 3 aromatic heterocycles. The summed E-state index contributed by atoms with van der Waals surface area (Å²) in [6.45, 7) is 0.862. The van der Waals surface area contributed by atoms with Crippen molar-refractivity contribution in [1.82, 2.24) is 15.0 Å². The highest BCUT2D eigenvalue weighted by atomic mass is 32.1. The molecule has 5 rings (SSSR count). The highest BCUT2D eigenvalue weighted by Crippen LogP contribution is 2.43. The fourth-order valence-corrected chi connectivity index (χ4v) is 5.07. The van der Waals surface area contributed by atoms with Gasteiger partial charge in [-0.05, 0) is 36.8 Å². The molecule has 0 atom stereocenters. The third kappa shape index (κ3) is 2.76. The zero-order chi connectivity index (χ0) is 18.2. The van der Waals surface area contributed by atoms with Crippen LogP contribution in [0.2, 0.25) is 0 Å². The Hall–Kier alpha value is -2.57. The lowest BCUT2D eigenvalue weighted by Gasteiger charge is -2.09.